The van der Waals surface area contributed by atoms with Gasteiger partial charge in [-0.1, -0.05) is 0 Å². The Balaban J connectivity index is 3.33. The second-order valence-electron chi connectivity index (χ2n) is 1.80. The fraction of sp³-hybridized carbons (Fsp3) is 0.833. The molecule has 0 aromatic carbocycles. The lowest BCUT2D eigenvalue weighted by atomic mass is 10.8. The standard InChI is InChI=1S/C6H14N2O4/c1-3-11-5(9)7-8-6(10)12-4-2/h5,7,9H,3-4H2,1-2H3,(H,8,10). The molecular weight excluding hydrogens is 164 g/mol. The van der Waals surface area contributed by atoms with E-state index in [0.29, 0.717) is 6.61 Å². The van der Waals surface area contributed by atoms with Gasteiger partial charge in [0.1, 0.15) is 0 Å². The number of hydrazine groups is 1. The number of aliphatic hydroxyl groups is 1. The van der Waals surface area contributed by atoms with Gasteiger partial charge in [0.2, 0.25) is 6.41 Å². The van der Waals surface area contributed by atoms with Gasteiger partial charge in [0.15, 0.2) is 0 Å². The fourth-order valence-electron chi connectivity index (χ4n) is 0.487. The van der Waals surface area contributed by atoms with E-state index in [9.17, 15) is 4.79 Å². The molecule has 0 aromatic heterocycles. The number of aliphatic hydroxyl groups excluding tert-OH is 1. The van der Waals surface area contributed by atoms with Crippen LogP contribution in [0.2, 0.25) is 0 Å². The van der Waals surface area contributed by atoms with Gasteiger partial charge in [-0.05, 0) is 13.8 Å². The van der Waals surface area contributed by atoms with E-state index >= 15 is 0 Å². The van der Waals surface area contributed by atoms with Gasteiger partial charge in [0, 0.05) is 6.61 Å². The summed E-state index contributed by atoms with van der Waals surface area (Å²) in [6.07, 6.45) is -1.87. The van der Waals surface area contributed by atoms with Crippen LogP contribution in [0.5, 0.6) is 0 Å². The van der Waals surface area contributed by atoms with Crippen LogP contribution in [-0.4, -0.2) is 30.8 Å². The molecule has 0 bridgehead atoms. The Morgan fingerprint density at radius 3 is 2.67 bits per heavy atom. The number of amides is 1. The zero-order chi connectivity index (χ0) is 9.40. The maximum absolute atomic E-state index is 10.6. The number of nitrogens with one attached hydrogen (secondary N) is 2. The lowest BCUT2D eigenvalue weighted by Crippen LogP contribution is -2.45. The highest BCUT2D eigenvalue weighted by molar-refractivity contribution is 5.66. The second kappa shape index (κ2) is 6.84. The molecule has 0 aliphatic heterocycles. The number of rotatable bonds is 5. The van der Waals surface area contributed by atoms with Gasteiger partial charge in [-0.25, -0.2) is 4.79 Å². The van der Waals surface area contributed by atoms with E-state index in [4.69, 9.17) is 5.11 Å². The topological polar surface area (TPSA) is 79.8 Å². The monoisotopic (exact) mass is 178 g/mol. The van der Waals surface area contributed by atoms with Crippen molar-refractivity contribution in [1.82, 2.24) is 10.9 Å². The van der Waals surface area contributed by atoms with E-state index in [1.165, 1.54) is 0 Å². The van der Waals surface area contributed by atoms with Crippen molar-refractivity contribution in [3.05, 3.63) is 0 Å². The first-order chi connectivity index (χ1) is 5.70. The van der Waals surface area contributed by atoms with Gasteiger partial charge >= 0.3 is 6.09 Å². The van der Waals surface area contributed by atoms with Crippen LogP contribution < -0.4 is 10.9 Å². The summed E-state index contributed by atoms with van der Waals surface area (Å²) in [7, 11) is 0. The summed E-state index contributed by atoms with van der Waals surface area (Å²) in [5, 5.41) is 8.86. The molecule has 0 saturated heterocycles. The minimum absolute atomic E-state index is 0.276. The quantitative estimate of drug-likeness (QED) is 0.392. The first kappa shape index (κ1) is 11.2. The van der Waals surface area contributed by atoms with Gasteiger partial charge in [-0.3, -0.25) is 5.43 Å². The van der Waals surface area contributed by atoms with Crippen molar-refractivity contribution in [2.45, 2.75) is 20.3 Å². The first-order valence-electron chi connectivity index (χ1n) is 3.68. The molecule has 3 N–H and O–H groups in total. The maximum Gasteiger partial charge on any atom is 0.421 e. The summed E-state index contributed by atoms with van der Waals surface area (Å²) in [5.74, 6) is 0. The average molecular weight is 178 g/mol. The molecule has 0 aromatic rings. The van der Waals surface area contributed by atoms with Crippen molar-refractivity contribution in [2.24, 2.45) is 0 Å². The predicted molar refractivity (Wildman–Crippen MR) is 40.9 cm³/mol. The van der Waals surface area contributed by atoms with E-state index in [1.54, 1.807) is 13.8 Å². The smallest absolute Gasteiger partial charge is 0.421 e. The second-order valence-corrected chi connectivity index (χ2v) is 1.80. The summed E-state index contributed by atoms with van der Waals surface area (Å²) < 4.78 is 9.14. The van der Waals surface area contributed by atoms with Crippen LogP contribution in [-0.2, 0) is 9.47 Å². The Kier molecular flexibility index (Phi) is 6.35. The third kappa shape index (κ3) is 5.90. The van der Waals surface area contributed by atoms with Crippen LogP contribution in [0.4, 0.5) is 4.79 Å². The largest absolute Gasteiger partial charge is 0.449 e. The predicted octanol–water partition coefficient (Wildman–Crippen LogP) is -0.451. The van der Waals surface area contributed by atoms with Crippen molar-refractivity contribution in [2.75, 3.05) is 13.2 Å². The van der Waals surface area contributed by atoms with Crippen LogP contribution in [0.3, 0.4) is 0 Å². The summed E-state index contributed by atoms with van der Waals surface area (Å²) >= 11 is 0. The molecule has 0 aliphatic rings. The van der Waals surface area contributed by atoms with Crippen LogP contribution in [0.1, 0.15) is 13.8 Å². The van der Waals surface area contributed by atoms with Crippen molar-refractivity contribution < 1.29 is 19.4 Å². The normalized spacial score (nSPS) is 12.2. The summed E-state index contributed by atoms with van der Waals surface area (Å²) in [5.41, 5.74) is 4.26. The van der Waals surface area contributed by atoms with Crippen molar-refractivity contribution in [1.29, 1.82) is 0 Å². The molecule has 0 fully saturated rings. The van der Waals surface area contributed by atoms with Gasteiger partial charge in [-0.15, -0.1) is 0 Å². The molecule has 1 atom stereocenters. The zero-order valence-electron chi connectivity index (χ0n) is 7.16. The van der Waals surface area contributed by atoms with Crippen molar-refractivity contribution in [3.8, 4) is 0 Å². The molecule has 6 nitrogen and oxygen atoms in total. The molecule has 0 heterocycles. The number of carbonyl (C=O) groups is 1. The van der Waals surface area contributed by atoms with Gasteiger partial charge in [-0.2, -0.15) is 5.43 Å². The molecule has 0 radical (unpaired) electrons. The molecule has 1 unspecified atom stereocenters. The Bertz CT molecular complexity index is 131. The van der Waals surface area contributed by atoms with E-state index in [1.807, 2.05) is 0 Å². The molecule has 6 heteroatoms. The highest BCUT2D eigenvalue weighted by Gasteiger charge is 2.03. The number of hydrogen-bond acceptors (Lipinski definition) is 5. The first-order valence-corrected chi connectivity index (χ1v) is 3.68. The molecule has 0 rings (SSSR count). The number of carbonyl (C=O) groups excluding carboxylic acids is 1. The highest BCUT2D eigenvalue weighted by Crippen LogP contribution is 1.79. The van der Waals surface area contributed by atoms with Gasteiger partial charge in [0.05, 0.1) is 6.61 Å². The van der Waals surface area contributed by atoms with Crippen molar-refractivity contribution >= 4 is 6.09 Å². The SMILES string of the molecule is CCOC(=O)NNC(O)OCC. The average Bonchev–Trinajstić information content (AvgIpc) is 2.02. The molecular formula is C6H14N2O4. The lowest BCUT2D eigenvalue weighted by molar-refractivity contribution is -0.122. The molecule has 0 saturated carbocycles. The molecule has 0 aliphatic carbocycles. The van der Waals surface area contributed by atoms with E-state index in [-0.39, 0.29) is 6.61 Å². The lowest BCUT2D eigenvalue weighted by Gasteiger charge is -2.12. The van der Waals surface area contributed by atoms with Crippen LogP contribution in [0.25, 0.3) is 0 Å². The van der Waals surface area contributed by atoms with Crippen LogP contribution in [0, 0.1) is 0 Å². The molecule has 72 valence electrons. The van der Waals surface area contributed by atoms with Crippen LogP contribution in [0.15, 0.2) is 0 Å². The number of hydrogen-bond donors (Lipinski definition) is 3. The Morgan fingerprint density at radius 2 is 2.17 bits per heavy atom. The minimum Gasteiger partial charge on any atom is -0.449 e. The molecule has 1 amide bonds. The van der Waals surface area contributed by atoms with E-state index in [2.05, 4.69) is 20.3 Å². The Hall–Kier alpha value is -0.850. The van der Waals surface area contributed by atoms with Gasteiger partial charge < -0.3 is 14.6 Å². The summed E-state index contributed by atoms with van der Waals surface area (Å²) in [6.45, 7) is 4.02. The van der Waals surface area contributed by atoms with E-state index < -0.39 is 12.5 Å². The zero-order valence-corrected chi connectivity index (χ0v) is 7.16. The summed E-state index contributed by atoms with van der Waals surface area (Å²) in [4.78, 5) is 10.6. The molecule has 12 heavy (non-hydrogen) atoms. The third-order valence-electron chi connectivity index (χ3n) is 0.898. The Labute approximate surface area is 70.8 Å². The fourth-order valence-corrected chi connectivity index (χ4v) is 0.487. The third-order valence-corrected chi connectivity index (χ3v) is 0.898. The number of ether oxygens (including phenoxy) is 2. The van der Waals surface area contributed by atoms with Crippen LogP contribution >= 0.6 is 0 Å². The van der Waals surface area contributed by atoms with Gasteiger partial charge in [0.25, 0.3) is 0 Å². The Morgan fingerprint density at radius 1 is 1.50 bits per heavy atom. The highest BCUT2D eigenvalue weighted by atomic mass is 16.6. The maximum atomic E-state index is 10.6. The van der Waals surface area contributed by atoms with Crippen molar-refractivity contribution in [3.63, 3.8) is 0 Å². The van der Waals surface area contributed by atoms with E-state index in [0.717, 1.165) is 0 Å². The minimum atomic E-state index is -1.21. The molecule has 0 spiro atoms. The summed E-state index contributed by atoms with van der Waals surface area (Å²) in [6, 6.07) is 0.